The van der Waals surface area contributed by atoms with E-state index < -0.39 is 5.97 Å². The lowest BCUT2D eigenvalue weighted by Gasteiger charge is -2.20. The number of carboxylic acids is 1. The third-order valence-corrected chi connectivity index (χ3v) is 4.34. The lowest BCUT2D eigenvalue weighted by molar-refractivity contribution is -0.120. The number of fused-ring (bicyclic) bond motifs is 2. The minimum Gasteiger partial charge on any atom is -0.478 e. The van der Waals surface area contributed by atoms with Gasteiger partial charge >= 0.3 is 5.97 Å². The van der Waals surface area contributed by atoms with Crippen molar-refractivity contribution in [3.8, 4) is 0 Å². The van der Waals surface area contributed by atoms with E-state index >= 15 is 0 Å². The third-order valence-electron chi connectivity index (χ3n) is 4.11. The Bertz CT molecular complexity index is 576. The molecule has 0 aliphatic carbocycles. The molecule has 106 valence electrons. The largest absolute Gasteiger partial charge is 0.478 e. The Labute approximate surface area is 121 Å². The van der Waals surface area contributed by atoms with Crippen molar-refractivity contribution in [2.75, 3.05) is 5.32 Å². The molecule has 2 aliphatic heterocycles. The van der Waals surface area contributed by atoms with Gasteiger partial charge in [0.1, 0.15) is 0 Å². The molecule has 3 N–H and O–H groups in total. The Morgan fingerprint density at radius 2 is 2.15 bits per heavy atom. The van der Waals surface area contributed by atoms with Gasteiger partial charge in [-0.2, -0.15) is 0 Å². The maximum atomic E-state index is 12.3. The highest BCUT2D eigenvalue weighted by Gasteiger charge is 2.42. The van der Waals surface area contributed by atoms with Gasteiger partial charge in [-0.15, -0.1) is 0 Å². The van der Waals surface area contributed by atoms with Crippen LogP contribution in [0.1, 0.15) is 29.6 Å². The molecule has 3 rings (SSSR count). The van der Waals surface area contributed by atoms with Gasteiger partial charge in [-0.1, -0.05) is 11.6 Å². The molecular weight excluding hydrogens is 280 g/mol. The molecule has 2 bridgehead atoms. The van der Waals surface area contributed by atoms with Crippen molar-refractivity contribution in [1.29, 1.82) is 0 Å². The fourth-order valence-corrected chi connectivity index (χ4v) is 3.32. The summed E-state index contributed by atoms with van der Waals surface area (Å²) in [6.07, 6.45) is 2.94. The van der Waals surface area contributed by atoms with Gasteiger partial charge in [0.15, 0.2) is 0 Å². The molecule has 2 aliphatic rings. The number of amides is 1. The highest BCUT2D eigenvalue weighted by molar-refractivity contribution is 6.31. The second kappa shape index (κ2) is 5.07. The predicted molar refractivity (Wildman–Crippen MR) is 75.1 cm³/mol. The molecule has 6 heteroatoms. The molecule has 0 aromatic heterocycles. The summed E-state index contributed by atoms with van der Waals surface area (Å²) in [6, 6.07) is 5.02. The number of aromatic carboxylic acids is 1. The molecule has 1 aromatic rings. The van der Waals surface area contributed by atoms with Crippen LogP contribution >= 0.6 is 11.6 Å². The first kappa shape index (κ1) is 13.4. The Hall–Kier alpha value is -1.59. The van der Waals surface area contributed by atoms with E-state index in [1.54, 1.807) is 0 Å². The number of carbonyl (C=O) groups excluding carboxylic acids is 1. The number of anilines is 1. The summed E-state index contributed by atoms with van der Waals surface area (Å²) in [4.78, 5) is 23.5. The molecule has 20 heavy (non-hydrogen) atoms. The van der Waals surface area contributed by atoms with E-state index in [1.807, 2.05) is 0 Å². The third kappa shape index (κ3) is 2.39. The van der Waals surface area contributed by atoms with E-state index in [1.165, 1.54) is 18.2 Å². The molecule has 1 amide bonds. The van der Waals surface area contributed by atoms with Gasteiger partial charge < -0.3 is 15.7 Å². The van der Waals surface area contributed by atoms with Gasteiger partial charge in [-0.3, -0.25) is 4.79 Å². The van der Waals surface area contributed by atoms with Crippen molar-refractivity contribution < 1.29 is 14.7 Å². The zero-order chi connectivity index (χ0) is 14.3. The van der Waals surface area contributed by atoms with Crippen LogP contribution in [-0.2, 0) is 4.79 Å². The van der Waals surface area contributed by atoms with Crippen LogP contribution in [0.3, 0.4) is 0 Å². The van der Waals surface area contributed by atoms with Crippen LogP contribution < -0.4 is 10.6 Å². The first-order valence-corrected chi connectivity index (χ1v) is 7.02. The van der Waals surface area contributed by atoms with Crippen molar-refractivity contribution in [2.24, 2.45) is 5.92 Å². The van der Waals surface area contributed by atoms with Gasteiger partial charge in [0.25, 0.3) is 0 Å². The average Bonchev–Trinajstić information content (AvgIpc) is 3.00. The number of halogens is 1. The van der Waals surface area contributed by atoms with E-state index in [9.17, 15) is 9.59 Å². The van der Waals surface area contributed by atoms with Crippen molar-refractivity contribution in [3.63, 3.8) is 0 Å². The standard InChI is InChI=1S/C14H15ClN2O3/c15-7-1-3-9(14(19)20)12(5-7)17-13(18)10-6-8-2-4-11(10)16-8/h1,3,5,8,10-11,16H,2,4,6H2,(H,17,18)(H,19,20). The van der Waals surface area contributed by atoms with Crippen LogP contribution in [0.25, 0.3) is 0 Å². The highest BCUT2D eigenvalue weighted by atomic mass is 35.5. The van der Waals surface area contributed by atoms with Crippen molar-refractivity contribution in [2.45, 2.75) is 31.3 Å². The van der Waals surface area contributed by atoms with Gasteiger partial charge in [0.2, 0.25) is 5.91 Å². The summed E-state index contributed by atoms with van der Waals surface area (Å²) in [5.74, 6) is -1.30. The fraction of sp³-hybridized carbons (Fsp3) is 0.429. The Kier molecular flexibility index (Phi) is 3.40. The summed E-state index contributed by atoms with van der Waals surface area (Å²) in [5, 5.41) is 15.6. The van der Waals surface area contributed by atoms with Crippen LogP contribution in [0.2, 0.25) is 5.02 Å². The number of carboxylic acid groups (broad SMARTS) is 1. The van der Waals surface area contributed by atoms with E-state index in [-0.39, 0.29) is 29.1 Å². The second-order valence-electron chi connectivity index (χ2n) is 5.37. The minimum absolute atomic E-state index is 0.0545. The zero-order valence-electron chi connectivity index (χ0n) is 10.7. The molecule has 0 radical (unpaired) electrons. The highest BCUT2D eigenvalue weighted by Crippen LogP contribution is 2.34. The summed E-state index contributed by atoms with van der Waals surface area (Å²) >= 11 is 5.87. The first-order valence-electron chi connectivity index (χ1n) is 6.64. The van der Waals surface area contributed by atoms with Crippen LogP contribution in [0.4, 0.5) is 5.69 Å². The van der Waals surface area contributed by atoms with Gasteiger partial charge in [0, 0.05) is 17.1 Å². The maximum Gasteiger partial charge on any atom is 0.337 e. The summed E-state index contributed by atoms with van der Waals surface area (Å²) < 4.78 is 0. The second-order valence-corrected chi connectivity index (χ2v) is 5.81. The number of hydrogen-bond acceptors (Lipinski definition) is 3. The normalized spacial score (nSPS) is 27.6. The van der Waals surface area contributed by atoms with E-state index in [2.05, 4.69) is 10.6 Å². The number of hydrogen-bond donors (Lipinski definition) is 3. The van der Waals surface area contributed by atoms with E-state index in [4.69, 9.17) is 16.7 Å². The van der Waals surface area contributed by atoms with Gasteiger partial charge in [-0.25, -0.2) is 4.79 Å². The van der Waals surface area contributed by atoms with Crippen molar-refractivity contribution in [1.82, 2.24) is 5.32 Å². The zero-order valence-corrected chi connectivity index (χ0v) is 11.5. The van der Waals surface area contributed by atoms with Crippen molar-refractivity contribution in [3.05, 3.63) is 28.8 Å². The van der Waals surface area contributed by atoms with Crippen LogP contribution in [-0.4, -0.2) is 29.1 Å². The molecule has 1 aromatic carbocycles. The Morgan fingerprint density at radius 3 is 2.75 bits per heavy atom. The van der Waals surface area contributed by atoms with Crippen molar-refractivity contribution >= 4 is 29.2 Å². The van der Waals surface area contributed by atoms with E-state index in [0.717, 1.165) is 19.3 Å². The molecule has 3 atom stereocenters. The molecule has 2 heterocycles. The topological polar surface area (TPSA) is 78.4 Å². The number of benzene rings is 1. The maximum absolute atomic E-state index is 12.3. The molecule has 0 spiro atoms. The van der Waals surface area contributed by atoms with Crippen LogP contribution in [0.15, 0.2) is 18.2 Å². The lowest BCUT2D eigenvalue weighted by Crippen LogP contribution is -2.33. The van der Waals surface area contributed by atoms with Crippen LogP contribution in [0, 0.1) is 5.92 Å². The molecule has 2 fully saturated rings. The van der Waals surface area contributed by atoms with E-state index in [0.29, 0.717) is 11.1 Å². The summed E-state index contributed by atoms with van der Waals surface area (Å²) in [7, 11) is 0. The van der Waals surface area contributed by atoms with Crippen LogP contribution in [0.5, 0.6) is 0 Å². The number of nitrogens with one attached hydrogen (secondary N) is 2. The minimum atomic E-state index is -1.08. The fourth-order valence-electron chi connectivity index (χ4n) is 3.15. The lowest BCUT2D eigenvalue weighted by atomic mass is 9.88. The molecule has 3 unspecified atom stereocenters. The predicted octanol–water partition coefficient (Wildman–Crippen LogP) is 2.12. The molecule has 2 saturated heterocycles. The monoisotopic (exact) mass is 294 g/mol. The SMILES string of the molecule is O=C(O)c1ccc(Cl)cc1NC(=O)C1CC2CCC1N2. The smallest absolute Gasteiger partial charge is 0.337 e. The first-order chi connectivity index (χ1) is 9.54. The van der Waals surface area contributed by atoms with Gasteiger partial charge in [0.05, 0.1) is 17.2 Å². The molecular formula is C14H15ClN2O3. The number of rotatable bonds is 3. The average molecular weight is 295 g/mol. The van der Waals surface area contributed by atoms with Gasteiger partial charge in [-0.05, 0) is 37.5 Å². The molecule has 5 nitrogen and oxygen atoms in total. The molecule has 0 saturated carbocycles. The Morgan fingerprint density at radius 1 is 1.35 bits per heavy atom. The quantitative estimate of drug-likeness (QED) is 0.798. The number of carbonyl (C=O) groups is 2. The summed E-state index contributed by atoms with van der Waals surface area (Å²) in [6.45, 7) is 0. The Balaban J connectivity index is 1.79. The summed E-state index contributed by atoms with van der Waals surface area (Å²) in [5.41, 5.74) is 0.316.